The van der Waals surface area contributed by atoms with Gasteiger partial charge < -0.3 is 4.74 Å². The van der Waals surface area contributed by atoms with Crippen molar-refractivity contribution >= 4 is 10.8 Å². The van der Waals surface area contributed by atoms with E-state index >= 15 is 0 Å². The Morgan fingerprint density at radius 3 is 2.50 bits per heavy atom. The molecular formula is C28H37F3O. The molecule has 1 nitrogen and oxygen atoms in total. The van der Waals surface area contributed by atoms with E-state index in [2.05, 4.69) is 17.7 Å². The average molecular weight is 447 g/mol. The molecule has 0 radical (unpaired) electrons. The van der Waals surface area contributed by atoms with E-state index in [1.165, 1.54) is 76.3 Å². The van der Waals surface area contributed by atoms with Crippen molar-refractivity contribution in [2.45, 2.75) is 96.5 Å². The third-order valence-corrected chi connectivity index (χ3v) is 8.03. The molecule has 2 aliphatic rings. The summed E-state index contributed by atoms with van der Waals surface area (Å²) in [6.45, 7) is -0.632. The molecule has 4 rings (SSSR count). The fourth-order valence-electron chi connectivity index (χ4n) is 6.31. The van der Waals surface area contributed by atoms with Crippen molar-refractivity contribution in [2.24, 2.45) is 17.8 Å². The fraction of sp³-hybridized carbons (Fsp3) is 0.643. The van der Waals surface area contributed by atoms with Crippen molar-refractivity contribution in [3.05, 3.63) is 41.7 Å². The zero-order valence-electron chi connectivity index (χ0n) is 19.3. The standard InChI is InChI=1S/C28H37F3O/c1-2-3-4-5-6-7-19-8-9-21-15-22(11-10-20(21)14-19)24-16-23-12-13-25(32-28(30)31)18-26(23)27(29)17-24/h12-13,16-22,28H,2-11,14-15H2,1H3. The van der Waals surface area contributed by atoms with Crippen LogP contribution < -0.4 is 4.74 Å². The lowest BCUT2D eigenvalue weighted by molar-refractivity contribution is -0.0497. The molecule has 2 aromatic rings. The minimum absolute atomic E-state index is 0.00165. The quantitative estimate of drug-likeness (QED) is 0.349. The third kappa shape index (κ3) is 5.80. The summed E-state index contributed by atoms with van der Waals surface area (Å²) in [5.41, 5.74) is 1.06. The molecule has 0 aliphatic heterocycles. The molecule has 0 aromatic heterocycles. The number of fused-ring (bicyclic) bond motifs is 2. The number of hydrogen-bond acceptors (Lipinski definition) is 1. The fourth-order valence-corrected chi connectivity index (χ4v) is 6.31. The molecule has 0 saturated heterocycles. The van der Waals surface area contributed by atoms with E-state index in [1.54, 1.807) is 12.1 Å². The van der Waals surface area contributed by atoms with Gasteiger partial charge in [-0.15, -0.1) is 0 Å². The Bertz CT molecular complexity index is 880. The first-order chi connectivity index (χ1) is 15.5. The van der Waals surface area contributed by atoms with Crippen LogP contribution in [-0.4, -0.2) is 6.61 Å². The van der Waals surface area contributed by atoms with Crippen LogP contribution in [0.3, 0.4) is 0 Å². The first kappa shape index (κ1) is 23.4. The average Bonchev–Trinajstić information content (AvgIpc) is 2.78. The highest BCUT2D eigenvalue weighted by molar-refractivity contribution is 5.85. The van der Waals surface area contributed by atoms with Gasteiger partial charge >= 0.3 is 6.61 Å². The van der Waals surface area contributed by atoms with E-state index < -0.39 is 6.61 Å². The number of unbranched alkanes of at least 4 members (excludes halogenated alkanes) is 4. The molecular weight excluding hydrogens is 409 g/mol. The SMILES string of the molecule is CCCCCCCC1CCC2CC(c3cc(F)c4cc(OC(F)F)ccc4c3)CCC2C1. The number of benzene rings is 2. The second-order valence-electron chi connectivity index (χ2n) is 10.2. The maximum atomic E-state index is 14.9. The van der Waals surface area contributed by atoms with Crippen molar-refractivity contribution < 1.29 is 17.9 Å². The van der Waals surface area contributed by atoms with Crippen molar-refractivity contribution in [3.63, 3.8) is 0 Å². The molecule has 176 valence electrons. The predicted molar refractivity (Wildman–Crippen MR) is 125 cm³/mol. The maximum absolute atomic E-state index is 14.9. The van der Waals surface area contributed by atoms with Gasteiger partial charge in [0, 0.05) is 5.39 Å². The van der Waals surface area contributed by atoms with Crippen LogP contribution in [0, 0.1) is 23.6 Å². The van der Waals surface area contributed by atoms with Crippen LogP contribution in [0.2, 0.25) is 0 Å². The molecule has 4 unspecified atom stereocenters. The summed E-state index contributed by atoms with van der Waals surface area (Å²) in [4.78, 5) is 0. The smallest absolute Gasteiger partial charge is 0.387 e. The Kier molecular flexibility index (Phi) is 8.02. The van der Waals surface area contributed by atoms with Gasteiger partial charge in [0.25, 0.3) is 0 Å². The van der Waals surface area contributed by atoms with Gasteiger partial charge in [0.15, 0.2) is 0 Å². The van der Waals surface area contributed by atoms with E-state index in [4.69, 9.17) is 0 Å². The van der Waals surface area contributed by atoms with Gasteiger partial charge in [-0.25, -0.2) is 4.39 Å². The highest BCUT2D eigenvalue weighted by Gasteiger charge is 2.36. The predicted octanol–water partition coefficient (Wildman–Crippen LogP) is 9.24. The maximum Gasteiger partial charge on any atom is 0.387 e. The minimum atomic E-state index is -2.90. The first-order valence-electron chi connectivity index (χ1n) is 12.7. The highest BCUT2D eigenvalue weighted by atomic mass is 19.3. The molecule has 2 aromatic carbocycles. The second-order valence-corrected chi connectivity index (χ2v) is 10.2. The summed E-state index contributed by atoms with van der Waals surface area (Å²) in [7, 11) is 0. The Labute approximate surface area is 190 Å². The van der Waals surface area contributed by atoms with Crippen LogP contribution in [0.5, 0.6) is 5.75 Å². The van der Waals surface area contributed by atoms with Gasteiger partial charge in [0.05, 0.1) is 0 Å². The van der Waals surface area contributed by atoms with Crippen LogP contribution in [0.25, 0.3) is 10.8 Å². The Morgan fingerprint density at radius 1 is 0.906 bits per heavy atom. The summed E-state index contributed by atoms with van der Waals surface area (Å²) in [5, 5.41) is 1.11. The van der Waals surface area contributed by atoms with Crippen LogP contribution in [0.15, 0.2) is 30.3 Å². The Morgan fingerprint density at radius 2 is 1.69 bits per heavy atom. The summed E-state index contributed by atoms with van der Waals surface area (Å²) < 4.78 is 44.2. The second kappa shape index (κ2) is 10.9. The monoisotopic (exact) mass is 446 g/mol. The lowest BCUT2D eigenvalue weighted by Crippen LogP contribution is -2.30. The number of halogens is 3. The topological polar surface area (TPSA) is 9.23 Å². The minimum Gasteiger partial charge on any atom is -0.435 e. The van der Waals surface area contributed by atoms with Crippen molar-refractivity contribution in [1.82, 2.24) is 0 Å². The summed E-state index contributed by atoms with van der Waals surface area (Å²) in [6.07, 6.45) is 15.9. The molecule has 32 heavy (non-hydrogen) atoms. The van der Waals surface area contributed by atoms with Gasteiger partial charge in [-0.1, -0.05) is 64.0 Å². The van der Waals surface area contributed by atoms with Gasteiger partial charge in [0.1, 0.15) is 11.6 Å². The van der Waals surface area contributed by atoms with Crippen molar-refractivity contribution in [2.75, 3.05) is 0 Å². The first-order valence-corrected chi connectivity index (χ1v) is 12.7. The van der Waals surface area contributed by atoms with Crippen LogP contribution in [0.4, 0.5) is 13.2 Å². The van der Waals surface area contributed by atoms with E-state index in [0.717, 1.165) is 41.5 Å². The molecule has 4 atom stereocenters. The summed E-state index contributed by atoms with van der Waals surface area (Å²) in [6, 6.07) is 8.25. The molecule has 2 aliphatic carbocycles. The van der Waals surface area contributed by atoms with E-state index in [-0.39, 0.29) is 11.6 Å². The Balaban J connectivity index is 1.35. The number of ether oxygens (including phenoxy) is 1. The summed E-state index contributed by atoms with van der Waals surface area (Å²) >= 11 is 0. The Hall–Kier alpha value is -1.71. The van der Waals surface area contributed by atoms with E-state index in [9.17, 15) is 13.2 Å². The van der Waals surface area contributed by atoms with Crippen LogP contribution >= 0.6 is 0 Å². The number of alkyl halides is 2. The van der Waals surface area contributed by atoms with Gasteiger partial charge in [-0.05, 0) is 84.9 Å². The summed E-state index contributed by atoms with van der Waals surface area (Å²) in [5.74, 6) is 2.59. The van der Waals surface area contributed by atoms with E-state index in [0.29, 0.717) is 11.3 Å². The van der Waals surface area contributed by atoms with Gasteiger partial charge in [0.2, 0.25) is 0 Å². The molecule has 4 heteroatoms. The molecule has 0 bridgehead atoms. The molecule has 2 saturated carbocycles. The molecule has 0 N–H and O–H groups in total. The third-order valence-electron chi connectivity index (χ3n) is 8.03. The lowest BCUT2D eigenvalue weighted by Gasteiger charge is -2.42. The number of rotatable bonds is 9. The lowest BCUT2D eigenvalue weighted by atomic mass is 9.63. The molecule has 0 spiro atoms. The largest absolute Gasteiger partial charge is 0.435 e. The van der Waals surface area contributed by atoms with Crippen LogP contribution in [-0.2, 0) is 0 Å². The van der Waals surface area contributed by atoms with Crippen molar-refractivity contribution in [1.29, 1.82) is 0 Å². The zero-order chi connectivity index (χ0) is 22.5. The van der Waals surface area contributed by atoms with E-state index in [1.807, 2.05) is 0 Å². The van der Waals surface area contributed by atoms with Gasteiger partial charge in [-0.3, -0.25) is 0 Å². The molecule has 2 fully saturated rings. The normalized spacial score (nSPS) is 25.8. The van der Waals surface area contributed by atoms with Crippen LogP contribution in [0.1, 0.15) is 95.5 Å². The molecule has 0 heterocycles. The molecule has 0 amide bonds. The zero-order valence-corrected chi connectivity index (χ0v) is 19.3. The van der Waals surface area contributed by atoms with Gasteiger partial charge in [-0.2, -0.15) is 8.78 Å². The van der Waals surface area contributed by atoms with Crippen molar-refractivity contribution in [3.8, 4) is 5.75 Å². The highest BCUT2D eigenvalue weighted by Crippen LogP contribution is 2.48. The number of hydrogen-bond donors (Lipinski definition) is 0.